The van der Waals surface area contributed by atoms with Crippen LogP contribution in [-0.2, 0) is 0 Å². The summed E-state index contributed by atoms with van der Waals surface area (Å²) >= 11 is 0. The van der Waals surface area contributed by atoms with Gasteiger partial charge in [0.05, 0.1) is 0 Å². The maximum Gasteiger partial charge on any atom is 0.316 e. The molecule has 1 aromatic heterocycles. The van der Waals surface area contributed by atoms with E-state index in [-0.39, 0.29) is 11.9 Å². The van der Waals surface area contributed by atoms with Crippen molar-refractivity contribution in [3.63, 3.8) is 0 Å². The highest BCUT2D eigenvalue weighted by Gasteiger charge is 2.07. The van der Waals surface area contributed by atoms with Crippen LogP contribution < -0.4 is 16.4 Å². The van der Waals surface area contributed by atoms with Crippen molar-refractivity contribution in [2.45, 2.75) is 0 Å². The van der Waals surface area contributed by atoms with E-state index in [4.69, 9.17) is 5.73 Å². The molecule has 0 bridgehead atoms. The van der Waals surface area contributed by atoms with Gasteiger partial charge < -0.3 is 26.3 Å². The number of nitrogens with one attached hydrogen (secondary N) is 3. The summed E-state index contributed by atoms with van der Waals surface area (Å²) in [5.41, 5.74) is 6.38. The molecule has 0 unspecified atom stereocenters. The fourth-order valence-electron chi connectivity index (χ4n) is 1.14. The Bertz CT molecular complexity index is 399. The molecule has 0 saturated heterocycles. The van der Waals surface area contributed by atoms with E-state index in [0.29, 0.717) is 24.5 Å². The van der Waals surface area contributed by atoms with E-state index >= 15 is 0 Å². The molecule has 17 heavy (non-hydrogen) atoms. The number of urea groups is 1. The number of carbonyl (C=O) groups is 2. The van der Waals surface area contributed by atoms with Gasteiger partial charge in [0, 0.05) is 39.1 Å². The van der Waals surface area contributed by atoms with E-state index in [2.05, 4.69) is 15.6 Å². The Labute approximate surface area is 99.4 Å². The minimum Gasteiger partial charge on any atom is -0.397 e. The number of nitrogens with zero attached hydrogens (tertiary/aromatic N) is 1. The second-order valence-corrected chi connectivity index (χ2v) is 3.73. The molecule has 0 aliphatic carbocycles. The molecule has 0 spiro atoms. The molecular formula is C10H17N5O2. The highest BCUT2D eigenvalue weighted by molar-refractivity contribution is 5.93. The lowest BCUT2D eigenvalue weighted by Gasteiger charge is -2.11. The van der Waals surface area contributed by atoms with Crippen LogP contribution in [0.4, 0.5) is 10.5 Å². The van der Waals surface area contributed by atoms with Crippen LogP contribution in [0, 0.1) is 0 Å². The standard InChI is InChI=1S/C10H17N5O2/c1-15(2)10(17)13-4-3-12-9(16)8-5-7(11)6-14-8/h5-6,14H,3-4,11H2,1-2H3,(H,12,16)(H,13,17). The Hall–Kier alpha value is -2.18. The molecule has 0 atom stereocenters. The molecular weight excluding hydrogens is 222 g/mol. The van der Waals surface area contributed by atoms with Crippen LogP contribution in [0.15, 0.2) is 12.3 Å². The zero-order chi connectivity index (χ0) is 12.8. The quantitative estimate of drug-likeness (QED) is 0.537. The lowest BCUT2D eigenvalue weighted by Crippen LogP contribution is -2.39. The highest BCUT2D eigenvalue weighted by Crippen LogP contribution is 2.03. The highest BCUT2D eigenvalue weighted by atomic mass is 16.2. The summed E-state index contributed by atoms with van der Waals surface area (Å²) in [6.45, 7) is 0.732. The molecule has 94 valence electrons. The third-order valence-electron chi connectivity index (χ3n) is 2.04. The molecule has 0 aromatic carbocycles. The van der Waals surface area contributed by atoms with Crippen LogP contribution >= 0.6 is 0 Å². The van der Waals surface area contributed by atoms with Gasteiger partial charge in [-0.05, 0) is 6.07 Å². The predicted octanol–water partition coefficient (Wildman–Crippen LogP) is -0.402. The van der Waals surface area contributed by atoms with Crippen LogP contribution in [0.3, 0.4) is 0 Å². The lowest BCUT2D eigenvalue weighted by atomic mass is 10.4. The first-order chi connectivity index (χ1) is 8.00. The van der Waals surface area contributed by atoms with Crippen molar-refractivity contribution >= 4 is 17.6 Å². The van der Waals surface area contributed by atoms with Crippen molar-refractivity contribution < 1.29 is 9.59 Å². The van der Waals surface area contributed by atoms with Crippen molar-refractivity contribution in [3.8, 4) is 0 Å². The van der Waals surface area contributed by atoms with E-state index in [9.17, 15) is 9.59 Å². The van der Waals surface area contributed by atoms with Gasteiger partial charge in [0.1, 0.15) is 5.69 Å². The monoisotopic (exact) mass is 239 g/mol. The molecule has 3 amide bonds. The molecule has 7 nitrogen and oxygen atoms in total. The van der Waals surface area contributed by atoms with Gasteiger partial charge >= 0.3 is 6.03 Å². The average Bonchev–Trinajstić information content (AvgIpc) is 2.70. The summed E-state index contributed by atoms with van der Waals surface area (Å²) in [6.07, 6.45) is 1.54. The van der Waals surface area contributed by atoms with Crippen molar-refractivity contribution in [1.29, 1.82) is 0 Å². The number of carbonyl (C=O) groups excluding carboxylic acids is 2. The molecule has 1 aromatic rings. The predicted molar refractivity (Wildman–Crippen MR) is 64.6 cm³/mol. The largest absolute Gasteiger partial charge is 0.397 e. The normalized spacial score (nSPS) is 9.76. The van der Waals surface area contributed by atoms with Crippen LogP contribution in [0.25, 0.3) is 0 Å². The Morgan fingerprint density at radius 3 is 2.53 bits per heavy atom. The minimum atomic E-state index is -0.249. The van der Waals surface area contributed by atoms with Gasteiger partial charge in [-0.1, -0.05) is 0 Å². The zero-order valence-electron chi connectivity index (χ0n) is 9.91. The number of amides is 3. The first-order valence-electron chi connectivity index (χ1n) is 5.18. The number of nitrogen functional groups attached to an aromatic ring is 1. The third kappa shape index (κ3) is 4.06. The molecule has 0 aliphatic heterocycles. The van der Waals surface area contributed by atoms with Gasteiger partial charge in [0.25, 0.3) is 5.91 Å². The van der Waals surface area contributed by atoms with E-state index < -0.39 is 0 Å². The third-order valence-corrected chi connectivity index (χ3v) is 2.04. The number of H-pyrrole nitrogens is 1. The van der Waals surface area contributed by atoms with Gasteiger partial charge in [-0.2, -0.15) is 0 Å². The van der Waals surface area contributed by atoms with Crippen LogP contribution in [0.5, 0.6) is 0 Å². The Morgan fingerprint density at radius 1 is 1.35 bits per heavy atom. The topological polar surface area (TPSA) is 103 Å². The average molecular weight is 239 g/mol. The van der Waals surface area contributed by atoms with Gasteiger partial charge in [-0.15, -0.1) is 0 Å². The summed E-state index contributed by atoms with van der Waals surface area (Å²) in [5.74, 6) is -0.249. The smallest absolute Gasteiger partial charge is 0.316 e. The van der Waals surface area contributed by atoms with E-state index in [0.717, 1.165) is 0 Å². The van der Waals surface area contributed by atoms with Gasteiger partial charge in [0.15, 0.2) is 0 Å². The van der Waals surface area contributed by atoms with E-state index in [1.807, 2.05) is 0 Å². The summed E-state index contributed by atoms with van der Waals surface area (Å²) in [6, 6.07) is 1.36. The summed E-state index contributed by atoms with van der Waals surface area (Å²) in [4.78, 5) is 26.8. The first-order valence-corrected chi connectivity index (χ1v) is 5.18. The number of rotatable bonds is 4. The van der Waals surface area contributed by atoms with Crippen LogP contribution in [-0.4, -0.2) is 49.0 Å². The summed E-state index contributed by atoms with van der Waals surface area (Å²) in [5, 5.41) is 5.28. The number of aromatic nitrogens is 1. The first kappa shape index (κ1) is 12.9. The van der Waals surface area contributed by atoms with Gasteiger partial charge in [-0.25, -0.2) is 4.79 Å². The van der Waals surface area contributed by atoms with E-state index in [1.54, 1.807) is 26.4 Å². The maximum absolute atomic E-state index is 11.5. The second-order valence-electron chi connectivity index (χ2n) is 3.73. The van der Waals surface area contributed by atoms with Crippen molar-refractivity contribution in [2.24, 2.45) is 0 Å². The lowest BCUT2D eigenvalue weighted by molar-refractivity contribution is 0.0949. The van der Waals surface area contributed by atoms with Crippen LogP contribution in [0.1, 0.15) is 10.5 Å². The number of aromatic amines is 1. The Kier molecular flexibility index (Phi) is 4.38. The van der Waals surface area contributed by atoms with Crippen LogP contribution in [0.2, 0.25) is 0 Å². The number of anilines is 1. The van der Waals surface area contributed by atoms with Gasteiger partial charge in [0.2, 0.25) is 0 Å². The van der Waals surface area contributed by atoms with E-state index in [1.165, 1.54) is 4.90 Å². The SMILES string of the molecule is CN(C)C(=O)NCCNC(=O)c1cc(N)c[nH]1. The number of hydrogen-bond acceptors (Lipinski definition) is 3. The summed E-state index contributed by atoms with van der Waals surface area (Å²) in [7, 11) is 3.30. The fraction of sp³-hybridized carbons (Fsp3) is 0.400. The van der Waals surface area contributed by atoms with Crippen molar-refractivity contribution in [1.82, 2.24) is 20.5 Å². The molecule has 7 heteroatoms. The Morgan fingerprint density at radius 2 is 2.00 bits per heavy atom. The summed E-state index contributed by atoms with van der Waals surface area (Å²) < 4.78 is 0. The molecule has 5 N–H and O–H groups in total. The minimum absolute atomic E-state index is 0.191. The van der Waals surface area contributed by atoms with Gasteiger partial charge in [-0.3, -0.25) is 4.79 Å². The maximum atomic E-state index is 11.5. The molecule has 0 fully saturated rings. The zero-order valence-corrected chi connectivity index (χ0v) is 9.91. The van der Waals surface area contributed by atoms with Crippen molar-refractivity contribution in [2.75, 3.05) is 32.9 Å². The Balaban J connectivity index is 2.23. The second kappa shape index (κ2) is 5.78. The molecule has 0 saturated carbocycles. The number of nitrogens with two attached hydrogens (primary N) is 1. The van der Waals surface area contributed by atoms with Crippen molar-refractivity contribution in [3.05, 3.63) is 18.0 Å². The number of hydrogen-bond donors (Lipinski definition) is 4. The molecule has 1 rings (SSSR count). The molecule has 0 radical (unpaired) electrons. The fourth-order valence-corrected chi connectivity index (χ4v) is 1.14. The molecule has 0 aliphatic rings. The molecule has 1 heterocycles.